The summed E-state index contributed by atoms with van der Waals surface area (Å²) >= 11 is 1.27. The van der Waals surface area contributed by atoms with E-state index in [1.807, 2.05) is 6.92 Å². The maximum absolute atomic E-state index is 12.5. The number of anilines is 1. The SMILES string of the molecule is CCOCc1nnc(N2CC(C(=O)N(CCO)CCO)CC2=O)s1.O=CO. The molecular formula is C15H24N4O7S. The van der Waals surface area contributed by atoms with Gasteiger partial charge in [0, 0.05) is 32.7 Å². The van der Waals surface area contributed by atoms with Gasteiger partial charge in [-0.05, 0) is 6.92 Å². The standard InChI is InChI=1S/C14H22N4O5S.CH2O2/c1-2-23-9-11-15-16-14(24-11)18-8-10(7-12(18)21)13(22)17(3-5-19)4-6-20;2-1-3/h10,19-20H,2-9H2,1H3;1H,(H,2,3). The third-order valence-electron chi connectivity index (χ3n) is 3.64. The van der Waals surface area contributed by atoms with Crippen molar-refractivity contribution in [2.45, 2.75) is 20.0 Å². The number of hydrogen-bond donors (Lipinski definition) is 3. The summed E-state index contributed by atoms with van der Waals surface area (Å²) in [5.41, 5.74) is 0. The zero-order valence-corrected chi connectivity index (χ0v) is 15.8. The molecule has 1 unspecified atom stereocenters. The predicted molar refractivity (Wildman–Crippen MR) is 95.1 cm³/mol. The highest BCUT2D eigenvalue weighted by Crippen LogP contribution is 2.29. The predicted octanol–water partition coefficient (Wildman–Crippen LogP) is -1.06. The first-order valence-electron chi connectivity index (χ1n) is 8.31. The maximum atomic E-state index is 12.5. The van der Waals surface area contributed by atoms with E-state index < -0.39 is 5.92 Å². The monoisotopic (exact) mass is 404 g/mol. The quantitative estimate of drug-likeness (QED) is 0.437. The number of amides is 2. The molecule has 0 saturated carbocycles. The summed E-state index contributed by atoms with van der Waals surface area (Å²) in [6.45, 7) is 2.68. The van der Waals surface area contributed by atoms with Gasteiger partial charge in [-0.25, -0.2) is 0 Å². The molecule has 1 atom stereocenters. The molecule has 1 aliphatic heterocycles. The Balaban J connectivity index is 0.00000114. The lowest BCUT2D eigenvalue weighted by atomic mass is 10.1. The van der Waals surface area contributed by atoms with Crippen LogP contribution >= 0.6 is 11.3 Å². The van der Waals surface area contributed by atoms with Crippen molar-refractivity contribution < 1.29 is 34.4 Å². The molecule has 1 aliphatic rings. The number of aliphatic hydroxyl groups excluding tert-OH is 2. The number of carbonyl (C=O) groups excluding carboxylic acids is 2. The Morgan fingerprint density at radius 1 is 1.37 bits per heavy atom. The lowest BCUT2D eigenvalue weighted by Gasteiger charge is -2.23. The van der Waals surface area contributed by atoms with Crippen LogP contribution in [-0.2, 0) is 25.7 Å². The van der Waals surface area contributed by atoms with Crippen molar-refractivity contribution in [2.75, 3.05) is 44.4 Å². The Bertz CT molecular complexity index is 607. The van der Waals surface area contributed by atoms with Crippen LogP contribution in [0.25, 0.3) is 0 Å². The average Bonchev–Trinajstić information content (AvgIpc) is 3.26. The second kappa shape index (κ2) is 12.3. The van der Waals surface area contributed by atoms with Crippen LogP contribution in [0.5, 0.6) is 0 Å². The van der Waals surface area contributed by atoms with Crippen molar-refractivity contribution >= 4 is 34.8 Å². The van der Waals surface area contributed by atoms with E-state index in [1.165, 1.54) is 21.1 Å². The molecule has 0 aromatic carbocycles. The minimum atomic E-state index is -0.505. The van der Waals surface area contributed by atoms with Gasteiger partial charge in [0.25, 0.3) is 6.47 Å². The van der Waals surface area contributed by atoms with Crippen molar-refractivity contribution in [3.8, 4) is 0 Å². The molecule has 11 nitrogen and oxygen atoms in total. The van der Waals surface area contributed by atoms with Gasteiger partial charge in [-0.15, -0.1) is 10.2 Å². The van der Waals surface area contributed by atoms with Crippen molar-refractivity contribution in [1.82, 2.24) is 15.1 Å². The van der Waals surface area contributed by atoms with Gasteiger partial charge >= 0.3 is 0 Å². The zero-order chi connectivity index (χ0) is 20.2. The van der Waals surface area contributed by atoms with Crippen LogP contribution in [0.1, 0.15) is 18.4 Å². The summed E-state index contributed by atoms with van der Waals surface area (Å²) in [5, 5.41) is 34.1. The van der Waals surface area contributed by atoms with Gasteiger partial charge in [0.1, 0.15) is 11.6 Å². The first-order valence-corrected chi connectivity index (χ1v) is 9.12. The molecule has 0 aliphatic carbocycles. The summed E-state index contributed by atoms with van der Waals surface area (Å²) in [5.74, 6) is -0.928. The fraction of sp³-hybridized carbons (Fsp3) is 0.667. The molecule has 2 heterocycles. The molecule has 1 fully saturated rings. The minimum absolute atomic E-state index is 0.0898. The number of rotatable bonds is 9. The maximum Gasteiger partial charge on any atom is 0.290 e. The Kier molecular flexibility index (Phi) is 10.4. The van der Waals surface area contributed by atoms with Gasteiger partial charge in [-0.2, -0.15) is 0 Å². The molecule has 1 aromatic heterocycles. The molecule has 0 bridgehead atoms. The van der Waals surface area contributed by atoms with E-state index in [1.54, 1.807) is 0 Å². The highest BCUT2D eigenvalue weighted by molar-refractivity contribution is 7.15. The van der Waals surface area contributed by atoms with Crippen molar-refractivity contribution in [2.24, 2.45) is 5.92 Å². The van der Waals surface area contributed by atoms with Crippen LogP contribution in [0.15, 0.2) is 0 Å². The largest absolute Gasteiger partial charge is 0.483 e. The Morgan fingerprint density at radius 3 is 2.56 bits per heavy atom. The number of carboxylic acid groups (broad SMARTS) is 1. The number of aromatic nitrogens is 2. The molecule has 12 heteroatoms. The number of nitrogens with zero attached hydrogens (tertiary/aromatic N) is 4. The van der Waals surface area contributed by atoms with Gasteiger partial charge < -0.3 is 25.0 Å². The van der Waals surface area contributed by atoms with Crippen LogP contribution in [0.2, 0.25) is 0 Å². The molecule has 152 valence electrons. The van der Waals surface area contributed by atoms with Gasteiger partial charge in [0.15, 0.2) is 0 Å². The van der Waals surface area contributed by atoms with Crippen LogP contribution in [0, 0.1) is 5.92 Å². The molecule has 2 rings (SSSR count). The lowest BCUT2D eigenvalue weighted by molar-refractivity contribution is -0.136. The van der Waals surface area contributed by atoms with Gasteiger partial charge in [0.2, 0.25) is 16.9 Å². The van der Waals surface area contributed by atoms with E-state index in [2.05, 4.69) is 10.2 Å². The minimum Gasteiger partial charge on any atom is -0.483 e. The van der Waals surface area contributed by atoms with E-state index in [4.69, 9.17) is 24.9 Å². The van der Waals surface area contributed by atoms with Crippen molar-refractivity contribution in [3.63, 3.8) is 0 Å². The summed E-state index contributed by atoms with van der Waals surface area (Å²) in [6.07, 6.45) is 0.0898. The fourth-order valence-electron chi connectivity index (χ4n) is 2.49. The van der Waals surface area contributed by atoms with Crippen molar-refractivity contribution in [1.29, 1.82) is 0 Å². The third kappa shape index (κ3) is 6.82. The summed E-state index contributed by atoms with van der Waals surface area (Å²) in [7, 11) is 0. The second-order valence-electron chi connectivity index (χ2n) is 5.40. The second-order valence-corrected chi connectivity index (χ2v) is 6.44. The molecule has 1 aromatic rings. The molecule has 1 saturated heterocycles. The van der Waals surface area contributed by atoms with Gasteiger partial charge in [-0.3, -0.25) is 19.3 Å². The smallest absolute Gasteiger partial charge is 0.290 e. The summed E-state index contributed by atoms with van der Waals surface area (Å²) in [6, 6.07) is 0. The third-order valence-corrected chi connectivity index (χ3v) is 4.56. The first kappa shape index (κ1) is 22.9. The van der Waals surface area contributed by atoms with E-state index in [0.29, 0.717) is 23.4 Å². The summed E-state index contributed by atoms with van der Waals surface area (Å²) < 4.78 is 5.26. The molecule has 0 radical (unpaired) electrons. The van der Waals surface area contributed by atoms with E-state index in [9.17, 15) is 9.59 Å². The number of aliphatic hydroxyl groups is 2. The average molecular weight is 404 g/mol. The van der Waals surface area contributed by atoms with Crippen LogP contribution < -0.4 is 4.90 Å². The number of carbonyl (C=O) groups is 3. The van der Waals surface area contributed by atoms with E-state index >= 15 is 0 Å². The summed E-state index contributed by atoms with van der Waals surface area (Å²) in [4.78, 5) is 35.9. The van der Waals surface area contributed by atoms with Crippen LogP contribution in [0.4, 0.5) is 5.13 Å². The normalized spacial score (nSPS) is 16.0. The van der Waals surface area contributed by atoms with Crippen LogP contribution in [0.3, 0.4) is 0 Å². The fourth-order valence-corrected chi connectivity index (χ4v) is 3.29. The van der Waals surface area contributed by atoms with Crippen molar-refractivity contribution in [3.05, 3.63) is 5.01 Å². The van der Waals surface area contributed by atoms with Gasteiger partial charge in [-0.1, -0.05) is 11.3 Å². The first-order chi connectivity index (χ1) is 13.0. The van der Waals surface area contributed by atoms with Crippen LogP contribution in [-0.4, -0.2) is 88.2 Å². The van der Waals surface area contributed by atoms with E-state index in [0.717, 1.165) is 0 Å². The Hall–Kier alpha value is -2.15. The highest BCUT2D eigenvalue weighted by Gasteiger charge is 2.38. The number of hydrogen-bond acceptors (Lipinski definition) is 9. The molecule has 3 N–H and O–H groups in total. The molecule has 0 spiro atoms. The topological polar surface area (TPSA) is 153 Å². The van der Waals surface area contributed by atoms with Gasteiger partial charge in [0.05, 0.1) is 19.1 Å². The molecule has 2 amide bonds. The molecule has 27 heavy (non-hydrogen) atoms. The molecular weight excluding hydrogens is 380 g/mol. The Morgan fingerprint density at radius 2 is 2.00 bits per heavy atom. The highest BCUT2D eigenvalue weighted by atomic mass is 32.1. The zero-order valence-electron chi connectivity index (χ0n) is 15.0. The number of ether oxygens (including phenoxy) is 1. The van der Waals surface area contributed by atoms with E-state index in [-0.39, 0.29) is 57.6 Å². The Labute approximate surface area is 160 Å². The lowest BCUT2D eigenvalue weighted by Crippen LogP contribution is -2.40.